The summed E-state index contributed by atoms with van der Waals surface area (Å²) in [7, 11) is 0. The van der Waals surface area contributed by atoms with Crippen molar-refractivity contribution in [2.75, 3.05) is 26.3 Å². The van der Waals surface area contributed by atoms with Crippen molar-refractivity contribution in [1.82, 2.24) is 4.90 Å². The molecule has 0 aliphatic carbocycles. The lowest BCUT2D eigenvalue weighted by Crippen LogP contribution is -2.56. The molecule has 0 saturated carbocycles. The third kappa shape index (κ3) is 3.19. The molecule has 0 radical (unpaired) electrons. The van der Waals surface area contributed by atoms with Crippen molar-refractivity contribution in [2.24, 2.45) is 5.92 Å². The normalized spacial score (nSPS) is 29.9. The Balaban J connectivity index is 1.94. The number of hydrogen-bond donors (Lipinski definition) is 0. The molecule has 2 heterocycles. The number of morpholine rings is 1. The molecule has 0 aromatic rings. The Hall–Kier alpha value is -0.610. The molecule has 0 N–H and O–H groups in total. The number of ether oxygens (including phenoxy) is 2. The number of amides is 1. The molecule has 98 valence electrons. The summed E-state index contributed by atoms with van der Waals surface area (Å²) in [6.07, 6.45) is 3.77. The van der Waals surface area contributed by atoms with E-state index in [1.54, 1.807) is 0 Å². The average Bonchev–Trinajstić information content (AvgIpc) is 2.29. The molecule has 2 aliphatic rings. The summed E-state index contributed by atoms with van der Waals surface area (Å²) in [5.41, 5.74) is 0. The average molecular weight is 241 g/mol. The summed E-state index contributed by atoms with van der Waals surface area (Å²) in [5.74, 6) is 0.147. The Morgan fingerprint density at radius 2 is 2.06 bits per heavy atom. The molecule has 1 unspecified atom stereocenters. The maximum atomic E-state index is 12.0. The highest BCUT2D eigenvalue weighted by Gasteiger charge is 2.40. The van der Waals surface area contributed by atoms with Crippen LogP contribution in [0.4, 0.5) is 0 Å². The Kier molecular flexibility index (Phi) is 4.05. The number of carbonyl (C=O) groups excluding carboxylic acids is 1. The van der Waals surface area contributed by atoms with E-state index in [2.05, 4.69) is 13.8 Å². The summed E-state index contributed by atoms with van der Waals surface area (Å²) in [4.78, 5) is 14.0. The van der Waals surface area contributed by atoms with Crippen molar-refractivity contribution >= 4 is 5.91 Å². The van der Waals surface area contributed by atoms with Crippen LogP contribution in [0.1, 0.15) is 39.5 Å². The first-order valence-electron chi connectivity index (χ1n) is 6.67. The Morgan fingerprint density at radius 3 is 2.71 bits per heavy atom. The van der Waals surface area contributed by atoms with Crippen LogP contribution < -0.4 is 0 Å². The third-order valence-corrected chi connectivity index (χ3v) is 3.41. The molecule has 0 aromatic carbocycles. The van der Waals surface area contributed by atoms with Crippen molar-refractivity contribution in [3.8, 4) is 0 Å². The standard InChI is InChI=1S/C13H23NO3/c1-11(2)9-12(15)14-6-8-17-13(10-14)5-3-4-7-16-13/h11H,3-10H2,1-2H3. The second-order valence-electron chi connectivity index (χ2n) is 5.48. The summed E-state index contributed by atoms with van der Waals surface area (Å²) in [5, 5.41) is 0. The second kappa shape index (κ2) is 5.36. The maximum Gasteiger partial charge on any atom is 0.223 e. The molecule has 17 heavy (non-hydrogen) atoms. The molecule has 0 aromatic heterocycles. The van der Waals surface area contributed by atoms with Gasteiger partial charge in [-0.1, -0.05) is 13.8 Å². The fraction of sp³-hybridized carbons (Fsp3) is 0.923. The van der Waals surface area contributed by atoms with Gasteiger partial charge in [0.1, 0.15) is 0 Å². The molecule has 4 nitrogen and oxygen atoms in total. The second-order valence-corrected chi connectivity index (χ2v) is 5.48. The van der Waals surface area contributed by atoms with Crippen molar-refractivity contribution < 1.29 is 14.3 Å². The number of carbonyl (C=O) groups is 1. The molecular weight excluding hydrogens is 218 g/mol. The first-order chi connectivity index (χ1) is 8.11. The predicted molar refractivity (Wildman–Crippen MR) is 64.5 cm³/mol. The minimum absolute atomic E-state index is 0.233. The lowest BCUT2D eigenvalue weighted by atomic mass is 10.0. The van der Waals surface area contributed by atoms with E-state index in [4.69, 9.17) is 9.47 Å². The van der Waals surface area contributed by atoms with Crippen LogP contribution in [-0.2, 0) is 14.3 Å². The van der Waals surface area contributed by atoms with E-state index in [-0.39, 0.29) is 5.91 Å². The quantitative estimate of drug-likeness (QED) is 0.740. The molecule has 2 aliphatic heterocycles. The zero-order valence-corrected chi connectivity index (χ0v) is 10.9. The van der Waals surface area contributed by atoms with Crippen molar-refractivity contribution in [3.63, 3.8) is 0 Å². The van der Waals surface area contributed by atoms with Crippen LogP contribution >= 0.6 is 0 Å². The van der Waals surface area contributed by atoms with Gasteiger partial charge in [0.25, 0.3) is 0 Å². The number of nitrogens with zero attached hydrogens (tertiary/aromatic N) is 1. The van der Waals surface area contributed by atoms with Gasteiger partial charge in [0.05, 0.1) is 19.8 Å². The first kappa shape index (κ1) is 12.8. The highest BCUT2D eigenvalue weighted by atomic mass is 16.7. The summed E-state index contributed by atoms with van der Waals surface area (Å²) in [6, 6.07) is 0. The third-order valence-electron chi connectivity index (χ3n) is 3.41. The predicted octanol–water partition coefficient (Wildman–Crippen LogP) is 1.79. The summed E-state index contributed by atoms with van der Waals surface area (Å²) in [6.45, 7) is 6.82. The van der Waals surface area contributed by atoms with Crippen molar-refractivity contribution in [3.05, 3.63) is 0 Å². The Morgan fingerprint density at radius 1 is 1.29 bits per heavy atom. The van der Waals surface area contributed by atoms with Gasteiger partial charge < -0.3 is 14.4 Å². The minimum atomic E-state index is -0.497. The Bertz CT molecular complexity index is 266. The van der Waals surface area contributed by atoms with E-state index in [0.29, 0.717) is 32.0 Å². The molecule has 2 rings (SSSR count). The zero-order chi connectivity index (χ0) is 12.3. The van der Waals surface area contributed by atoms with E-state index in [0.717, 1.165) is 25.9 Å². The van der Waals surface area contributed by atoms with Crippen molar-refractivity contribution in [1.29, 1.82) is 0 Å². The topological polar surface area (TPSA) is 38.8 Å². The van der Waals surface area contributed by atoms with Crippen molar-refractivity contribution in [2.45, 2.75) is 45.3 Å². The van der Waals surface area contributed by atoms with Crippen LogP contribution in [0.25, 0.3) is 0 Å². The van der Waals surface area contributed by atoms with Crippen LogP contribution in [-0.4, -0.2) is 42.9 Å². The van der Waals surface area contributed by atoms with Crippen LogP contribution in [0, 0.1) is 5.92 Å². The van der Waals surface area contributed by atoms with Gasteiger partial charge in [0, 0.05) is 19.4 Å². The highest BCUT2D eigenvalue weighted by Crippen LogP contribution is 2.30. The number of hydrogen-bond acceptors (Lipinski definition) is 3. The monoisotopic (exact) mass is 241 g/mol. The molecule has 1 amide bonds. The molecule has 4 heteroatoms. The molecule has 1 atom stereocenters. The number of rotatable bonds is 2. The van der Waals surface area contributed by atoms with E-state index in [9.17, 15) is 4.79 Å². The molecule has 2 fully saturated rings. The van der Waals surface area contributed by atoms with Gasteiger partial charge in [0.15, 0.2) is 5.79 Å². The Labute approximate surface area is 103 Å². The van der Waals surface area contributed by atoms with Gasteiger partial charge in [-0.15, -0.1) is 0 Å². The molecular formula is C13H23NO3. The maximum absolute atomic E-state index is 12.0. The van der Waals surface area contributed by atoms with E-state index < -0.39 is 5.79 Å². The molecule has 2 saturated heterocycles. The van der Waals surface area contributed by atoms with Crippen LogP contribution in [0.15, 0.2) is 0 Å². The van der Waals surface area contributed by atoms with Crippen LogP contribution in [0.5, 0.6) is 0 Å². The van der Waals surface area contributed by atoms with Gasteiger partial charge in [-0.05, 0) is 18.8 Å². The van der Waals surface area contributed by atoms with Gasteiger partial charge in [0.2, 0.25) is 5.91 Å². The molecule has 1 spiro atoms. The lowest BCUT2D eigenvalue weighted by molar-refractivity contribution is -0.280. The van der Waals surface area contributed by atoms with E-state index >= 15 is 0 Å². The largest absolute Gasteiger partial charge is 0.348 e. The highest BCUT2D eigenvalue weighted by molar-refractivity contribution is 5.76. The SMILES string of the molecule is CC(C)CC(=O)N1CCOC2(CCCCO2)C1. The van der Waals surface area contributed by atoms with Crippen LogP contribution in [0.3, 0.4) is 0 Å². The molecule has 0 bridgehead atoms. The van der Waals surface area contributed by atoms with Gasteiger partial charge in [-0.25, -0.2) is 0 Å². The van der Waals surface area contributed by atoms with Crippen LogP contribution in [0.2, 0.25) is 0 Å². The summed E-state index contributed by atoms with van der Waals surface area (Å²) < 4.78 is 11.6. The lowest BCUT2D eigenvalue weighted by Gasteiger charge is -2.44. The fourth-order valence-corrected chi connectivity index (χ4v) is 2.51. The van der Waals surface area contributed by atoms with E-state index in [1.807, 2.05) is 4.90 Å². The summed E-state index contributed by atoms with van der Waals surface area (Å²) >= 11 is 0. The minimum Gasteiger partial charge on any atom is -0.348 e. The smallest absolute Gasteiger partial charge is 0.223 e. The zero-order valence-electron chi connectivity index (χ0n) is 10.9. The van der Waals surface area contributed by atoms with Gasteiger partial charge in [-0.3, -0.25) is 4.79 Å². The van der Waals surface area contributed by atoms with E-state index in [1.165, 1.54) is 0 Å². The first-order valence-corrected chi connectivity index (χ1v) is 6.67. The van der Waals surface area contributed by atoms with Gasteiger partial charge >= 0.3 is 0 Å². The van der Waals surface area contributed by atoms with Gasteiger partial charge in [-0.2, -0.15) is 0 Å². The fourth-order valence-electron chi connectivity index (χ4n) is 2.51.